The van der Waals surface area contributed by atoms with E-state index in [0.717, 1.165) is 0 Å². The van der Waals surface area contributed by atoms with Crippen molar-refractivity contribution in [3.63, 3.8) is 0 Å². The average Bonchev–Trinajstić information content (AvgIpc) is 2.98. The van der Waals surface area contributed by atoms with Gasteiger partial charge < -0.3 is 15.2 Å². The van der Waals surface area contributed by atoms with E-state index in [9.17, 15) is 24.3 Å². The quantitative estimate of drug-likeness (QED) is 0.561. The van der Waals surface area contributed by atoms with E-state index < -0.39 is 42.4 Å². The molecule has 0 fully saturated rings. The van der Waals surface area contributed by atoms with Crippen LogP contribution in [0.25, 0.3) is 0 Å². The van der Waals surface area contributed by atoms with Crippen LogP contribution in [0.1, 0.15) is 32.3 Å². The molecule has 1 aliphatic rings. The maximum absolute atomic E-state index is 12.8. The number of aliphatic hydroxyl groups excluding tert-OH is 1. The lowest BCUT2D eigenvalue weighted by molar-refractivity contribution is -0.146. The minimum Gasteiger partial charge on any atom is -0.467 e. The third-order valence-electron chi connectivity index (χ3n) is 4.47. The Labute approximate surface area is 160 Å². The number of ether oxygens (including phenoxy) is 1. The minimum absolute atomic E-state index is 0.159. The van der Waals surface area contributed by atoms with Gasteiger partial charge in [0.25, 0.3) is 11.8 Å². The van der Waals surface area contributed by atoms with Gasteiger partial charge in [0.05, 0.1) is 24.8 Å². The zero-order valence-corrected chi connectivity index (χ0v) is 15.0. The van der Waals surface area contributed by atoms with Gasteiger partial charge in [0.2, 0.25) is 5.91 Å². The van der Waals surface area contributed by atoms with E-state index in [1.807, 2.05) is 0 Å². The van der Waals surface area contributed by atoms with Crippen LogP contribution in [-0.2, 0) is 14.3 Å². The SMILES string of the molecule is COC(=O)C(NC(=O)C(CO)N1C(=O)c2ccccc2C1=O)c1ccccc1. The van der Waals surface area contributed by atoms with E-state index in [2.05, 4.69) is 5.32 Å². The summed E-state index contributed by atoms with van der Waals surface area (Å²) in [6, 6.07) is 11.9. The highest BCUT2D eigenvalue weighted by Crippen LogP contribution is 2.25. The molecule has 28 heavy (non-hydrogen) atoms. The number of aliphatic hydroxyl groups is 1. The van der Waals surface area contributed by atoms with Gasteiger partial charge in [-0.2, -0.15) is 0 Å². The fourth-order valence-corrected chi connectivity index (χ4v) is 3.05. The smallest absolute Gasteiger partial charge is 0.333 e. The Morgan fingerprint density at radius 2 is 1.54 bits per heavy atom. The van der Waals surface area contributed by atoms with Gasteiger partial charge in [0.15, 0.2) is 6.04 Å². The molecule has 0 aliphatic carbocycles. The largest absolute Gasteiger partial charge is 0.467 e. The number of esters is 1. The summed E-state index contributed by atoms with van der Waals surface area (Å²) in [5, 5.41) is 12.2. The van der Waals surface area contributed by atoms with Crippen molar-refractivity contribution in [3.05, 3.63) is 71.3 Å². The number of fused-ring (bicyclic) bond motifs is 1. The summed E-state index contributed by atoms with van der Waals surface area (Å²) in [5.74, 6) is -2.93. The number of hydrogen-bond donors (Lipinski definition) is 2. The Hall–Kier alpha value is -3.52. The normalized spacial score (nSPS) is 15.0. The van der Waals surface area contributed by atoms with Crippen LogP contribution in [0.2, 0.25) is 0 Å². The molecule has 2 aromatic rings. The first-order valence-electron chi connectivity index (χ1n) is 8.50. The molecule has 0 spiro atoms. The van der Waals surface area contributed by atoms with Gasteiger partial charge in [-0.05, 0) is 17.7 Å². The Bertz CT molecular complexity index is 892. The third kappa shape index (κ3) is 3.37. The second-order valence-corrected chi connectivity index (χ2v) is 6.10. The summed E-state index contributed by atoms with van der Waals surface area (Å²) in [6.45, 7) is -0.792. The summed E-state index contributed by atoms with van der Waals surface area (Å²) >= 11 is 0. The fourth-order valence-electron chi connectivity index (χ4n) is 3.05. The summed E-state index contributed by atoms with van der Waals surface area (Å²) in [5.41, 5.74) is 0.777. The predicted molar refractivity (Wildman–Crippen MR) is 97.2 cm³/mol. The summed E-state index contributed by atoms with van der Waals surface area (Å²) < 4.78 is 4.74. The van der Waals surface area contributed by atoms with E-state index in [1.165, 1.54) is 19.2 Å². The number of benzene rings is 2. The van der Waals surface area contributed by atoms with Crippen LogP contribution in [-0.4, -0.2) is 53.5 Å². The van der Waals surface area contributed by atoms with Crippen molar-refractivity contribution >= 4 is 23.7 Å². The Morgan fingerprint density at radius 1 is 1.00 bits per heavy atom. The van der Waals surface area contributed by atoms with Crippen molar-refractivity contribution in [3.8, 4) is 0 Å². The molecule has 8 heteroatoms. The van der Waals surface area contributed by atoms with E-state index in [0.29, 0.717) is 10.5 Å². The van der Waals surface area contributed by atoms with E-state index in [1.54, 1.807) is 42.5 Å². The average molecular weight is 382 g/mol. The molecular formula is C20H18N2O6. The predicted octanol–water partition coefficient (Wildman–Crippen LogP) is 0.674. The lowest BCUT2D eigenvalue weighted by Gasteiger charge is -2.25. The van der Waals surface area contributed by atoms with Gasteiger partial charge in [0, 0.05) is 0 Å². The first-order valence-corrected chi connectivity index (χ1v) is 8.50. The number of rotatable bonds is 6. The van der Waals surface area contributed by atoms with E-state index in [-0.39, 0.29) is 11.1 Å². The van der Waals surface area contributed by atoms with Crippen LogP contribution in [0.15, 0.2) is 54.6 Å². The van der Waals surface area contributed by atoms with Crippen molar-refractivity contribution in [2.75, 3.05) is 13.7 Å². The number of amides is 3. The van der Waals surface area contributed by atoms with Gasteiger partial charge in [-0.25, -0.2) is 4.79 Å². The monoisotopic (exact) mass is 382 g/mol. The van der Waals surface area contributed by atoms with Gasteiger partial charge >= 0.3 is 5.97 Å². The number of hydrogen-bond acceptors (Lipinski definition) is 6. The number of nitrogens with one attached hydrogen (secondary N) is 1. The van der Waals surface area contributed by atoms with Crippen LogP contribution in [0.5, 0.6) is 0 Å². The molecule has 3 rings (SSSR count). The molecule has 2 atom stereocenters. The number of carbonyl (C=O) groups is 4. The van der Waals surface area contributed by atoms with E-state index >= 15 is 0 Å². The van der Waals surface area contributed by atoms with Gasteiger partial charge in [-0.15, -0.1) is 0 Å². The topological polar surface area (TPSA) is 113 Å². The van der Waals surface area contributed by atoms with Crippen molar-refractivity contribution in [2.24, 2.45) is 0 Å². The van der Waals surface area contributed by atoms with Crippen LogP contribution in [0.4, 0.5) is 0 Å². The molecular weight excluding hydrogens is 364 g/mol. The molecule has 2 aromatic carbocycles. The highest BCUT2D eigenvalue weighted by Gasteiger charge is 2.43. The van der Waals surface area contributed by atoms with Crippen LogP contribution in [0, 0.1) is 0 Å². The summed E-state index contributed by atoms with van der Waals surface area (Å²) in [7, 11) is 1.18. The Morgan fingerprint density at radius 3 is 2.04 bits per heavy atom. The van der Waals surface area contributed by atoms with Crippen LogP contribution < -0.4 is 5.32 Å². The van der Waals surface area contributed by atoms with Crippen molar-refractivity contribution in [1.29, 1.82) is 0 Å². The van der Waals surface area contributed by atoms with Crippen LogP contribution >= 0.6 is 0 Å². The van der Waals surface area contributed by atoms with Crippen molar-refractivity contribution < 1.29 is 29.0 Å². The van der Waals surface area contributed by atoms with Crippen molar-refractivity contribution in [1.82, 2.24) is 10.2 Å². The van der Waals surface area contributed by atoms with Crippen molar-refractivity contribution in [2.45, 2.75) is 12.1 Å². The number of nitrogens with zero attached hydrogens (tertiary/aromatic N) is 1. The molecule has 0 radical (unpaired) electrons. The lowest BCUT2D eigenvalue weighted by Crippen LogP contribution is -2.53. The van der Waals surface area contributed by atoms with Gasteiger partial charge in [-0.3, -0.25) is 19.3 Å². The second-order valence-electron chi connectivity index (χ2n) is 6.10. The zero-order valence-electron chi connectivity index (χ0n) is 15.0. The molecule has 1 heterocycles. The molecule has 1 aliphatic heterocycles. The number of imide groups is 1. The molecule has 2 unspecified atom stereocenters. The molecule has 144 valence electrons. The Kier molecular flexibility index (Phi) is 5.51. The molecule has 0 aromatic heterocycles. The van der Waals surface area contributed by atoms with Crippen LogP contribution in [0.3, 0.4) is 0 Å². The van der Waals surface area contributed by atoms with E-state index in [4.69, 9.17) is 4.74 Å². The zero-order chi connectivity index (χ0) is 20.3. The fraction of sp³-hybridized carbons (Fsp3) is 0.200. The Balaban J connectivity index is 1.87. The molecule has 0 bridgehead atoms. The molecule has 2 N–H and O–H groups in total. The first-order chi connectivity index (χ1) is 13.5. The maximum Gasteiger partial charge on any atom is 0.333 e. The molecule has 0 saturated heterocycles. The summed E-state index contributed by atoms with van der Waals surface area (Å²) in [6.07, 6.45) is 0. The second kappa shape index (κ2) is 8.01. The number of carbonyl (C=O) groups excluding carboxylic acids is 4. The number of methoxy groups -OCH3 is 1. The van der Waals surface area contributed by atoms with Gasteiger partial charge in [-0.1, -0.05) is 42.5 Å². The summed E-state index contributed by atoms with van der Waals surface area (Å²) in [4.78, 5) is 50.8. The maximum atomic E-state index is 12.8. The highest BCUT2D eigenvalue weighted by atomic mass is 16.5. The standard InChI is InChI=1S/C20H18N2O6/c1-28-20(27)16(12-7-3-2-4-8-12)21-17(24)15(11-23)22-18(25)13-9-5-6-10-14(13)19(22)26/h2-10,15-16,23H,11H2,1H3,(H,21,24). The lowest BCUT2D eigenvalue weighted by atomic mass is 10.1. The van der Waals surface area contributed by atoms with Gasteiger partial charge in [0.1, 0.15) is 6.04 Å². The highest BCUT2D eigenvalue weighted by molar-refractivity contribution is 6.22. The molecule has 3 amide bonds. The minimum atomic E-state index is -1.48. The first kappa shape index (κ1) is 19.2. The third-order valence-corrected chi connectivity index (χ3v) is 4.47. The molecule has 0 saturated carbocycles. The molecule has 8 nitrogen and oxygen atoms in total.